The Kier molecular flexibility index (Phi) is 7.04. The number of amidine groups is 1. The van der Waals surface area contributed by atoms with Crippen LogP contribution >= 0.6 is 0 Å². The fraction of sp³-hybridized carbons (Fsp3) is 0.421. The fourth-order valence-electron chi connectivity index (χ4n) is 2.57. The number of nitrogens with one attached hydrogen (secondary N) is 2. The van der Waals surface area contributed by atoms with Crippen LogP contribution in [0.25, 0.3) is 0 Å². The van der Waals surface area contributed by atoms with E-state index < -0.39 is 18.1 Å². The Morgan fingerprint density at radius 1 is 1.33 bits per heavy atom. The van der Waals surface area contributed by atoms with Gasteiger partial charge in [0.15, 0.2) is 0 Å². The number of nitrogen functional groups attached to an aromatic ring is 1. The standard InChI is InChI=1S/C19H25F3N4O/c1-12(2)25-18-14(5-9-16(26-18)19(20,21)22)6-10-17(27)24-11-13-3-7-15(23)8-4-13/h3-4,6-10,12,14,17,24,27H,5,11,23H2,1-2H3,(H,25,26)/b10-6+. The first-order chi connectivity index (χ1) is 12.6. The minimum Gasteiger partial charge on any atom is -0.399 e. The van der Waals surface area contributed by atoms with Gasteiger partial charge in [-0.25, -0.2) is 0 Å². The molecule has 0 aromatic heterocycles. The van der Waals surface area contributed by atoms with Gasteiger partial charge in [-0.3, -0.25) is 10.3 Å². The molecule has 5 nitrogen and oxygen atoms in total. The Morgan fingerprint density at radius 3 is 2.59 bits per heavy atom. The van der Waals surface area contributed by atoms with Crippen LogP contribution in [0.15, 0.2) is 53.2 Å². The number of halogens is 3. The van der Waals surface area contributed by atoms with Crippen LogP contribution in [0.3, 0.4) is 0 Å². The van der Waals surface area contributed by atoms with Crippen LogP contribution in [0.5, 0.6) is 0 Å². The van der Waals surface area contributed by atoms with Crippen LogP contribution in [0.4, 0.5) is 18.9 Å². The Morgan fingerprint density at radius 2 is 2.00 bits per heavy atom. The molecule has 2 rings (SSSR count). The minimum absolute atomic E-state index is 0.149. The lowest BCUT2D eigenvalue weighted by atomic mass is 9.98. The van der Waals surface area contributed by atoms with Gasteiger partial charge in [0.2, 0.25) is 0 Å². The van der Waals surface area contributed by atoms with Gasteiger partial charge < -0.3 is 16.2 Å². The highest BCUT2D eigenvalue weighted by atomic mass is 19.4. The predicted molar refractivity (Wildman–Crippen MR) is 101 cm³/mol. The average molecular weight is 382 g/mol. The normalized spacial score (nSPS) is 20.8. The van der Waals surface area contributed by atoms with E-state index in [9.17, 15) is 18.3 Å². The third kappa shape index (κ3) is 6.73. The van der Waals surface area contributed by atoms with Crippen LogP contribution < -0.4 is 16.4 Å². The molecule has 1 heterocycles. The summed E-state index contributed by atoms with van der Waals surface area (Å²) in [6.45, 7) is 4.02. The smallest absolute Gasteiger partial charge is 0.399 e. The third-order valence-electron chi connectivity index (χ3n) is 3.91. The predicted octanol–water partition coefficient (Wildman–Crippen LogP) is 3.10. The number of nitrogens with two attached hydrogens (primary N) is 1. The van der Waals surface area contributed by atoms with Crippen molar-refractivity contribution in [3.63, 3.8) is 0 Å². The molecular weight excluding hydrogens is 357 g/mol. The van der Waals surface area contributed by atoms with Crippen LogP contribution in [-0.4, -0.2) is 29.4 Å². The topological polar surface area (TPSA) is 82.7 Å². The third-order valence-corrected chi connectivity index (χ3v) is 3.91. The lowest BCUT2D eigenvalue weighted by Crippen LogP contribution is -2.39. The van der Waals surface area contributed by atoms with E-state index in [1.54, 1.807) is 32.1 Å². The minimum atomic E-state index is -4.44. The molecule has 0 saturated carbocycles. The molecule has 2 atom stereocenters. The summed E-state index contributed by atoms with van der Waals surface area (Å²) >= 11 is 0. The highest BCUT2D eigenvalue weighted by Crippen LogP contribution is 2.28. The van der Waals surface area contributed by atoms with Crippen molar-refractivity contribution in [1.29, 1.82) is 0 Å². The summed E-state index contributed by atoms with van der Waals surface area (Å²) in [5.41, 5.74) is 6.44. The molecule has 0 saturated heterocycles. The Hall–Kier alpha value is -2.32. The van der Waals surface area contributed by atoms with Crippen molar-refractivity contribution in [2.75, 3.05) is 5.73 Å². The van der Waals surface area contributed by atoms with Crippen molar-refractivity contribution in [2.45, 2.75) is 45.3 Å². The van der Waals surface area contributed by atoms with E-state index in [4.69, 9.17) is 5.73 Å². The first kappa shape index (κ1) is 21.0. The summed E-state index contributed by atoms with van der Waals surface area (Å²) in [6.07, 6.45) is -0.912. The molecule has 1 aliphatic rings. The SMILES string of the molecule is CC(C)N=C1NC(C(F)(F)F)=CCC1/C=C/C(O)NCc1ccc(N)cc1. The Balaban J connectivity index is 2.00. The number of nitrogens with zero attached hydrogens (tertiary/aromatic N) is 1. The second kappa shape index (κ2) is 9.05. The van der Waals surface area contributed by atoms with Crippen molar-refractivity contribution in [2.24, 2.45) is 10.9 Å². The number of aliphatic hydroxyl groups is 1. The lowest BCUT2D eigenvalue weighted by Gasteiger charge is -2.26. The van der Waals surface area contributed by atoms with E-state index in [0.717, 1.165) is 11.6 Å². The number of hydrogen-bond donors (Lipinski definition) is 4. The van der Waals surface area contributed by atoms with E-state index in [0.29, 0.717) is 12.2 Å². The van der Waals surface area contributed by atoms with Gasteiger partial charge in [-0.15, -0.1) is 0 Å². The number of anilines is 1. The van der Waals surface area contributed by atoms with Crippen molar-refractivity contribution in [3.05, 3.63) is 53.8 Å². The molecule has 2 unspecified atom stereocenters. The van der Waals surface area contributed by atoms with Crippen molar-refractivity contribution >= 4 is 11.5 Å². The highest BCUT2D eigenvalue weighted by molar-refractivity contribution is 5.89. The van der Waals surface area contributed by atoms with Crippen LogP contribution in [0.2, 0.25) is 0 Å². The number of hydrogen-bond acceptors (Lipinski definition) is 4. The molecule has 0 radical (unpaired) electrons. The van der Waals surface area contributed by atoms with Gasteiger partial charge in [0, 0.05) is 24.2 Å². The van der Waals surface area contributed by atoms with Crippen molar-refractivity contribution in [3.8, 4) is 0 Å². The number of rotatable bonds is 6. The summed E-state index contributed by atoms with van der Waals surface area (Å²) in [5.74, 6) is -0.103. The van der Waals surface area contributed by atoms with Gasteiger partial charge in [0.25, 0.3) is 0 Å². The lowest BCUT2D eigenvalue weighted by molar-refractivity contribution is -0.0956. The zero-order valence-electron chi connectivity index (χ0n) is 15.3. The maximum atomic E-state index is 12.9. The molecule has 148 valence electrons. The average Bonchev–Trinajstić information content (AvgIpc) is 2.58. The van der Waals surface area contributed by atoms with Crippen molar-refractivity contribution < 1.29 is 18.3 Å². The van der Waals surface area contributed by atoms with Gasteiger partial charge in [0.05, 0.1) is 0 Å². The summed E-state index contributed by atoms with van der Waals surface area (Å²) in [4.78, 5) is 4.26. The maximum absolute atomic E-state index is 12.9. The zero-order valence-corrected chi connectivity index (χ0v) is 15.3. The Bertz CT molecular complexity index is 709. The summed E-state index contributed by atoms with van der Waals surface area (Å²) in [6, 6.07) is 7.09. The first-order valence-corrected chi connectivity index (χ1v) is 8.71. The molecule has 0 aliphatic carbocycles. The highest BCUT2D eigenvalue weighted by Gasteiger charge is 2.37. The zero-order chi connectivity index (χ0) is 20.0. The molecule has 1 aliphatic heterocycles. The molecular formula is C19H25F3N4O. The van der Waals surface area contributed by atoms with Crippen molar-refractivity contribution in [1.82, 2.24) is 10.6 Å². The second-order valence-electron chi connectivity index (χ2n) is 6.64. The molecule has 0 bridgehead atoms. The van der Waals surface area contributed by atoms with E-state index in [1.165, 1.54) is 6.08 Å². The van der Waals surface area contributed by atoms with Crippen LogP contribution in [-0.2, 0) is 6.54 Å². The number of allylic oxidation sites excluding steroid dienone is 2. The molecule has 1 aromatic rings. The van der Waals surface area contributed by atoms with Gasteiger partial charge in [-0.2, -0.15) is 13.2 Å². The Labute approximate surface area is 156 Å². The molecule has 0 amide bonds. The number of alkyl halides is 3. The second-order valence-corrected chi connectivity index (χ2v) is 6.64. The molecule has 27 heavy (non-hydrogen) atoms. The fourth-order valence-corrected chi connectivity index (χ4v) is 2.57. The van der Waals surface area contributed by atoms with Crippen LogP contribution in [0.1, 0.15) is 25.8 Å². The van der Waals surface area contributed by atoms with Crippen LogP contribution in [0, 0.1) is 5.92 Å². The van der Waals surface area contributed by atoms with Gasteiger partial charge in [-0.1, -0.05) is 24.3 Å². The maximum Gasteiger partial charge on any atom is 0.430 e. The number of benzene rings is 1. The largest absolute Gasteiger partial charge is 0.430 e. The van der Waals surface area contributed by atoms with E-state index in [1.807, 2.05) is 12.1 Å². The molecule has 0 fully saturated rings. The van der Waals surface area contributed by atoms with Gasteiger partial charge >= 0.3 is 6.18 Å². The molecule has 0 spiro atoms. The first-order valence-electron chi connectivity index (χ1n) is 8.71. The molecule has 1 aromatic carbocycles. The van der Waals surface area contributed by atoms with E-state index in [2.05, 4.69) is 15.6 Å². The van der Waals surface area contributed by atoms with E-state index >= 15 is 0 Å². The summed E-state index contributed by atoms with van der Waals surface area (Å²) in [7, 11) is 0. The van der Waals surface area contributed by atoms with Gasteiger partial charge in [-0.05, 0) is 44.0 Å². The quantitative estimate of drug-likeness (QED) is 0.346. The number of aliphatic hydroxyl groups excluding tert-OH is 1. The summed E-state index contributed by atoms with van der Waals surface area (Å²) < 4.78 is 38.8. The van der Waals surface area contributed by atoms with Gasteiger partial charge in [0.1, 0.15) is 17.8 Å². The van der Waals surface area contributed by atoms with E-state index in [-0.39, 0.29) is 24.2 Å². The molecule has 5 N–H and O–H groups in total. The monoisotopic (exact) mass is 382 g/mol. The number of aliphatic imine (C=N–C) groups is 1. The molecule has 8 heteroatoms. The summed E-state index contributed by atoms with van der Waals surface area (Å²) in [5, 5.41) is 15.4.